The van der Waals surface area contributed by atoms with E-state index in [0.29, 0.717) is 35.1 Å². The van der Waals surface area contributed by atoms with Crippen molar-refractivity contribution in [2.75, 3.05) is 86.6 Å². The van der Waals surface area contributed by atoms with E-state index < -0.39 is 27.6 Å². The number of fused-ring (bicyclic) bond motifs is 1. The van der Waals surface area contributed by atoms with Gasteiger partial charge in [-0.1, -0.05) is 0 Å². The van der Waals surface area contributed by atoms with Crippen molar-refractivity contribution < 1.29 is 26.3 Å². The molecule has 0 unspecified atom stereocenters. The highest BCUT2D eigenvalue weighted by atomic mass is 32.2. The summed E-state index contributed by atoms with van der Waals surface area (Å²) in [5, 5.41) is 5.87. The molecule has 53 heavy (non-hydrogen) atoms. The molecule has 7 rings (SSSR count). The maximum atomic E-state index is 14.4. The van der Waals surface area contributed by atoms with Crippen LogP contribution in [0.4, 0.5) is 47.7 Å². The molecule has 0 spiro atoms. The van der Waals surface area contributed by atoms with Crippen LogP contribution in [0.5, 0.6) is 5.75 Å². The molecule has 2 aliphatic heterocycles. The Balaban J connectivity index is 1.20. The van der Waals surface area contributed by atoms with E-state index >= 15 is 0 Å². The summed E-state index contributed by atoms with van der Waals surface area (Å²) >= 11 is 0. The van der Waals surface area contributed by atoms with Gasteiger partial charge in [-0.3, -0.25) is 19.2 Å². The summed E-state index contributed by atoms with van der Waals surface area (Å²) in [6.45, 7) is 6.25. The van der Waals surface area contributed by atoms with Crippen molar-refractivity contribution in [1.82, 2.24) is 29.7 Å². The second-order valence-electron chi connectivity index (χ2n) is 14.2. The molecule has 2 aromatic carbocycles. The number of aromatic nitrogens is 4. The van der Waals surface area contributed by atoms with E-state index in [1.165, 1.54) is 25.5 Å². The van der Waals surface area contributed by atoms with Crippen LogP contribution in [0.1, 0.15) is 36.8 Å². The van der Waals surface area contributed by atoms with E-state index in [-0.39, 0.29) is 22.8 Å². The number of likely N-dealkylation sites (N-methyl/N-ethyl adjacent to an activating group) is 1. The molecular formula is C36H45F3N10O3S. The molecule has 0 radical (unpaired) electrons. The number of rotatable bonds is 11. The van der Waals surface area contributed by atoms with Gasteiger partial charge in [0.2, 0.25) is 16.0 Å². The molecule has 0 amide bonds. The number of piperidine rings is 1. The largest absolute Gasteiger partial charge is 0.494 e. The quantitative estimate of drug-likeness (QED) is 0.201. The third-order valence-corrected chi connectivity index (χ3v) is 11.7. The van der Waals surface area contributed by atoms with Crippen LogP contribution < -0.4 is 24.6 Å². The molecule has 4 heterocycles. The van der Waals surface area contributed by atoms with Gasteiger partial charge in [0.15, 0.2) is 0 Å². The van der Waals surface area contributed by atoms with Gasteiger partial charge < -0.3 is 25.2 Å². The molecule has 4 aromatic rings. The number of sulfonamides is 1. The van der Waals surface area contributed by atoms with Gasteiger partial charge in [-0.2, -0.15) is 18.2 Å². The van der Waals surface area contributed by atoms with Gasteiger partial charge >= 0.3 is 6.18 Å². The molecule has 2 saturated heterocycles. The first kappa shape index (κ1) is 36.9. The molecule has 0 bridgehead atoms. The highest BCUT2D eigenvalue weighted by Crippen LogP contribution is 2.43. The first-order valence-electron chi connectivity index (χ1n) is 17.8. The lowest BCUT2D eigenvalue weighted by molar-refractivity contribution is -0.137. The number of hydrogen-bond donors (Lipinski definition) is 2. The van der Waals surface area contributed by atoms with E-state index in [1.54, 1.807) is 13.2 Å². The second kappa shape index (κ2) is 14.7. The van der Waals surface area contributed by atoms with Crippen molar-refractivity contribution in [3.8, 4) is 5.75 Å². The number of ether oxygens (including phenoxy) is 1. The maximum Gasteiger partial charge on any atom is 0.421 e. The number of nitrogens with zero attached hydrogens (tertiary/aromatic N) is 8. The van der Waals surface area contributed by atoms with Gasteiger partial charge in [0.25, 0.3) is 0 Å². The molecule has 1 saturated carbocycles. The summed E-state index contributed by atoms with van der Waals surface area (Å²) in [7, 11) is 1.18. The first-order chi connectivity index (χ1) is 25.3. The van der Waals surface area contributed by atoms with Gasteiger partial charge in [-0.25, -0.2) is 13.4 Å². The van der Waals surface area contributed by atoms with Crippen LogP contribution >= 0.6 is 0 Å². The number of piperazine rings is 1. The van der Waals surface area contributed by atoms with Crippen LogP contribution in [0.3, 0.4) is 0 Å². The molecule has 284 valence electrons. The lowest BCUT2D eigenvalue weighted by atomic mass is 9.98. The molecule has 3 fully saturated rings. The monoisotopic (exact) mass is 754 g/mol. The minimum atomic E-state index is -4.82. The fraction of sp³-hybridized carbons (Fsp3) is 0.500. The van der Waals surface area contributed by atoms with Crippen LogP contribution in [0.2, 0.25) is 0 Å². The van der Waals surface area contributed by atoms with Gasteiger partial charge in [-0.15, -0.1) is 0 Å². The molecule has 2 N–H and O–H groups in total. The Morgan fingerprint density at radius 3 is 2.32 bits per heavy atom. The summed E-state index contributed by atoms with van der Waals surface area (Å²) in [5.41, 5.74) is 2.26. The lowest BCUT2D eigenvalue weighted by Crippen LogP contribution is -2.52. The Morgan fingerprint density at radius 2 is 1.66 bits per heavy atom. The number of halogens is 3. The van der Waals surface area contributed by atoms with Crippen LogP contribution in [-0.2, 0) is 22.6 Å². The van der Waals surface area contributed by atoms with Crippen LogP contribution in [-0.4, -0.2) is 111 Å². The van der Waals surface area contributed by atoms with Crippen molar-refractivity contribution >= 4 is 55.6 Å². The van der Waals surface area contributed by atoms with Crippen molar-refractivity contribution in [2.45, 2.75) is 44.3 Å². The fourth-order valence-electron chi connectivity index (χ4n) is 7.23. The average molecular weight is 755 g/mol. The standard InChI is InChI=1S/C36H45F3N10O3S/c1-46-15-17-48(18-16-46)25-9-13-49(14-10-25)30-21-31(52-3)29(20-24(30)19-23-5-6-23)44-35-42-22-26(36(37,38)39)34(45-35)43-28-8-7-27-32(41-12-11-40-27)33(28)47(2)53(4,50)51/h7-8,11-12,20-23,25H,5-6,9-10,13-19H2,1-4H3,(H2,42,43,44,45). The summed E-state index contributed by atoms with van der Waals surface area (Å²) in [6, 6.07) is 7.58. The third-order valence-electron chi connectivity index (χ3n) is 10.5. The van der Waals surface area contributed by atoms with E-state index in [0.717, 1.165) is 93.2 Å². The maximum absolute atomic E-state index is 14.4. The van der Waals surface area contributed by atoms with E-state index in [4.69, 9.17) is 4.74 Å². The SMILES string of the molecule is COc1cc(N2CCC(N3CCN(C)CC3)CC2)c(CC2CC2)cc1Nc1ncc(C(F)(F)F)c(Nc2ccc3nccnc3c2N(C)S(C)(=O)=O)n1. The lowest BCUT2D eigenvalue weighted by Gasteiger charge is -2.43. The molecule has 0 atom stereocenters. The smallest absolute Gasteiger partial charge is 0.421 e. The molecule has 13 nitrogen and oxygen atoms in total. The Morgan fingerprint density at radius 1 is 0.943 bits per heavy atom. The molecule has 3 aliphatic rings. The van der Waals surface area contributed by atoms with Crippen molar-refractivity contribution in [3.63, 3.8) is 0 Å². The Kier molecular flexibility index (Phi) is 10.3. The summed E-state index contributed by atoms with van der Waals surface area (Å²) in [5.74, 6) is 0.430. The van der Waals surface area contributed by atoms with Crippen LogP contribution in [0.25, 0.3) is 11.0 Å². The average Bonchev–Trinajstić information content (AvgIpc) is 3.95. The fourth-order valence-corrected chi connectivity index (χ4v) is 7.75. The topological polar surface area (TPSA) is 132 Å². The zero-order valence-electron chi connectivity index (χ0n) is 30.3. The Hall–Kier alpha value is -4.48. The number of alkyl halides is 3. The summed E-state index contributed by atoms with van der Waals surface area (Å²) in [6.07, 6.45) is 5.06. The zero-order valence-corrected chi connectivity index (χ0v) is 31.1. The first-order valence-corrected chi connectivity index (χ1v) is 19.7. The highest BCUT2D eigenvalue weighted by Gasteiger charge is 2.36. The number of nitrogens with one attached hydrogen (secondary N) is 2. The summed E-state index contributed by atoms with van der Waals surface area (Å²) < 4.78 is 75.2. The highest BCUT2D eigenvalue weighted by molar-refractivity contribution is 7.92. The zero-order chi connectivity index (χ0) is 37.5. The normalized spacial score (nSPS) is 18.0. The van der Waals surface area contributed by atoms with E-state index in [9.17, 15) is 21.6 Å². The Bertz CT molecular complexity index is 2070. The van der Waals surface area contributed by atoms with Crippen molar-refractivity contribution in [2.24, 2.45) is 5.92 Å². The number of anilines is 6. The van der Waals surface area contributed by atoms with Crippen molar-refractivity contribution in [1.29, 1.82) is 0 Å². The molecular weight excluding hydrogens is 710 g/mol. The minimum absolute atomic E-state index is 0.0221. The minimum Gasteiger partial charge on any atom is -0.494 e. The van der Waals surface area contributed by atoms with Gasteiger partial charge in [0.05, 0.1) is 30.3 Å². The van der Waals surface area contributed by atoms with E-state index in [1.807, 2.05) is 12.1 Å². The van der Waals surface area contributed by atoms with Gasteiger partial charge in [0.1, 0.15) is 28.3 Å². The number of benzene rings is 2. The predicted molar refractivity (Wildman–Crippen MR) is 200 cm³/mol. The van der Waals surface area contributed by atoms with Gasteiger partial charge in [-0.05, 0) is 68.8 Å². The Labute approximate surface area is 307 Å². The second-order valence-corrected chi connectivity index (χ2v) is 16.2. The van der Waals surface area contributed by atoms with Crippen molar-refractivity contribution in [3.05, 3.63) is 54.0 Å². The number of methoxy groups -OCH3 is 1. The van der Waals surface area contributed by atoms with Gasteiger partial charge in [0, 0.05) is 82.7 Å². The summed E-state index contributed by atoms with van der Waals surface area (Å²) in [4.78, 5) is 24.3. The molecule has 2 aromatic heterocycles. The molecule has 1 aliphatic carbocycles. The van der Waals surface area contributed by atoms with Crippen LogP contribution in [0, 0.1) is 5.92 Å². The van der Waals surface area contributed by atoms with E-state index in [2.05, 4.69) is 52.3 Å². The predicted octanol–water partition coefficient (Wildman–Crippen LogP) is 5.50. The third kappa shape index (κ3) is 8.21. The number of hydrogen-bond acceptors (Lipinski definition) is 12. The van der Waals surface area contributed by atoms with Crippen LogP contribution in [0.15, 0.2) is 42.9 Å². The molecule has 17 heteroatoms.